The number of guanidine groups is 1. The van der Waals surface area contributed by atoms with Crippen molar-refractivity contribution in [2.75, 3.05) is 38.8 Å². The van der Waals surface area contributed by atoms with E-state index in [-0.39, 0.29) is 0 Å². The van der Waals surface area contributed by atoms with Crippen molar-refractivity contribution >= 4 is 28.3 Å². The van der Waals surface area contributed by atoms with Crippen LogP contribution in [0, 0.1) is 0 Å². The molecule has 0 saturated carbocycles. The lowest BCUT2D eigenvalue weighted by Crippen LogP contribution is -2.48. The molecule has 2 aromatic rings. The van der Waals surface area contributed by atoms with E-state index < -0.39 is 5.97 Å². The zero-order chi connectivity index (χ0) is 21.3. The van der Waals surface area contributed by atoms with Gasteiger partial charge in [0.25, 0.3) is 0 Å². The number of esters is 1. The van der Waals surface area contributed by atoms with Crippen LogP contribution in [0.15, 0.2) is 40.7 Å². The number of rotatable bonds is 7. The van der Waals surface area contributed by atoms with E-state index in [1.54, 1.807) is 23.5 Å². The van der Waals surface area contributed by atoms with Crippen molar-refractivity contribution in [3.8, 4) is 5.75 Å². The highest BCUT2D eigenvalue weighted by molar-refractivity contribution is 7.14. The van der Waals surface area contributed by atoms with E-state index >= 15 is 0 Å². The number of anilines is 1. The third kappa shape index (κ3) is 5.66. The summed E-state index contributed by atoms with van der Waals surface area (Å²) < 4.78 is 10.1. The lowest BCUT2D eigenvalue weighted by atomic mass is 10.1. The number of nitrogens with zero attached hydrogens (tertiary/aromatic N) is 2. The van der Waals surface area contributed by atoms with Gasteiger partial charge in [0.05, 0.1) is 25.8 Å². The molecule has 1 aliphatic heterocycles. The van der Waals surface area contributed by atoms with Crippen LogP contribution in [0.2, 0.25) is 0 Å². The van der Waals surface area contributed by atoms with Gasteiger partial charge in [-0.25, -0.2) is 9.79 Å². The molecule has 0 unspecified atom stereocenters. The molecule has 3 rings (SSSR count). The van der Waals surface area contributed by atoms with Gasteiger partial charge in [0.15, 0.2) is 5.96 Å². The number of hydrogen-bond donors (Lipinski definition) is 2. The Morgan fingerprint density at radius 2 is 2.07 bits per heavy atom. The second-order valence-corrected chi connectivity index (χ2v) is 8.00. The van der Waals surface area contributed by atoms with E-state index in [1.165, 1.54) is 19.2 Å². The quantitative estimate of drug-likeness (QED) is 0.399. The number of aliphatic imine (C=N–C) groups is 1. The van der Waals surface area contributed by atoms with Crippen LogP contribution in [0.3, 0.4) is 0 Å². The predicted molar refractivity (Wildman–Crippen MR) is 122 cm³/mol. The molecule has 162 valence electrons. The third-order valence-corrected chi connectivity index (χ3v) is 6.02. The van der Waals surface area contributed by atoms with Crippen molar-refractivity contribution in [3.63, 3.8) is 0 Å². The maximum absolute atomic E-state index is 12.0. The minimum atomic E-state index is -0.416. The standard InChI is InChI=1S/C22H30N4O3S/c1-4-23-22(25-17-9-11-26(12-10-17)20-6-5-13-30-20)24-15-16-7-8-19(28-2)18(14-16)21(27)29-3/h5-8,13-14,17H,4,9-12,15H2,1-3H3,(H2,23,24,25). The summed E-state index contributed by atoms with van der Waals surface area (Å²) in [4.78, 5) is 19.2. The Morgan fingerprint density at radius 3 is 2.70 bits per heavy atom. The molecule has 1 aliphatic rings. The first-order valence-electron chi connectivity index (χ1n) is 10.2. The Labute approximate surface area is 182 Å². The highest BCUT2D eigenvalue weighted by Gasteiger charge is 2.20. The van der Waals surface area contributed by atoms with Gasteiger partial charge in [-0.2, -0.15) is 0 Å². The molecule has 0 radical (unpaired) electrons. The van der Waals surface area contributed by atoms with Gasteiger partial charge in [-0.05, 0) is 55.0 Å². The van der Waals surface area contributed by atoms with E-state index in [1.807, 2.05) is 6.07 Å². The lowest BCUT2D eigenvalue weighted by molar-refractivity contribution is 0.0597. The fourth-order valence-corrected chi connectivity index (χ4v) is 4.29. The van der Waals surface area contributed by atoms with Crippen LogP contribution in [0.5, 0.6) is 5.75 Å². The number of piperidine rings is 1. The molecule has 0 aliphatic carbocycles. The Morgan fingerprint density at radius 1 is 1.27 bits per heavy atom. The summed E-state index contributed by atoms with van der Waals surface area (Å²) in [5, 5.41) is 10.4. The van der Waals surface area contributed by atoms with Crippen molar-refractivity contribution in [1.82, 2.24) is 10.6 Å². The van der Waals surface area contributed by atoms with E-state index in [2.05, 4.69) is 40.0 Å². The van der Waals surface area contributed by atoms with Gasteiger partial charge in [0, 0.05) is 25.7 Å². The van der Waals surface area contributed by atoms with Crippen LogP contribution in [0.4, 0.5) is 5.00 Å². The predicted octanol–water partition coefficient (Wildman–Crippen LogP) is 3.27. The number of benzene rings is 1. The minimum Gasteiger partial charge on any atom is -0.496 e. The summed E-state index contributed by atoms with van der Waals surface area (Å²) in [5.74, 6) is 0.875. The van der Waals surface area contributed by atoms with Gasteiger partial charge in [0.2, 0.25) is 0 Å². The first-order chi connectivity index (χ1) is 14.6. The van der Waals surface area contributed by atoms with Crippen molar-refractivity contribution < 1.29 is 14.3 Å². The average molecular weight is 431 g/mol. The smallest absolute Gasteiger partial charge is 0.341 e. The Kier molecular flexibility index (Phi) is 7.96. The summed E-state index contributed by atoms with van der Waals surface area (Å²) in [5.41, 5.74) is 1.33. The van der Waals surface area contributed by atoms with Crippen LogP contribution in [-0.4, -0.2) is 51.8 Å². The molecule has 8 heteroatoms. The number of thiophene rings is 1. The van der Waals surface area contributed by atoms with Gasteiger partial charge in [-0.15, -0.1) is 11.3 Å². The molecule has 1 aromatic carbocycles. The van der Waals surface area contributed by atoms with Crippen molar-refractivity contribution in [2.24, 2.45) is 4.99 Å². The average Bonchev–Trinajstić information content (AvgIpc) is 3.32. The monoisotopic (exact) mass is 430 g/mol. The highest BCUT2D eigenvalue weighted by Crippen LogP contribution is 2.25. The number of hydrogen-bond acceptors (Lipinski definition) is 6. The first kappa shape index (κ1) is 22.0. The van der Waals surface area contributed by atoms with Crippen LogP contribution in [-0.2, 0) is 11.3 Å². The molecule has 0 amide bonds. The van der Waals surface area contributed by atoms with Gasteiger partial charge >= 0.3 is 5.97 Å². The lowest BCUT2D eigenvalue weighted by Gasteiger charge is -2.33. The summed E-state index contributed by atoms with van der Waals surface area (Å²) in [6, 6.07) is 10.1. The van der Waals surface area contributed by atoms with E-state index in [0.717, 1.165) is 44.0 Å². The number of nitrogens with one attached hydrogen (secondary N) is 2. The topological polar surface area (TPSA) is 75.2 Å². The largest absolute Gasteiger partial charge is 0.496 e. The van der Waals surface area contributed by atoms with E-state index in [0.29, 0.717) is 23.9 Å². The van der Waals surface area contributed by atoms with Crippen LogP contribution >= 0.6 is 11.3 Å². The Bertz CT molecular complexity index is 846. The fourth-order valence-electron chi connectivity index (χ4n) is 3.50. The highest BCUT2D eigenvalue weighted by atomic mass is 32.1. The summed E-state index contributed by atoms with van der Waals surface area (Å²) in [6.07, 6.45) is 2.13. The zero-order valence-corrected chi connectivity index (χ0v) is 18.6. The SMILES string of the molecule is CCNC(=NCc1ccc(OC)c(C(=O)OC)c1)NC1CCN(c2cccs2)CC1. The maximum atomic E-state index is 12.0. The molecule has 1 saturated heterocycles. The second kappa shape index (κ2) is 10.9. The molecule has 0 bridgehead atoms. The fraction of sp³-hybridized carbons (Fsp3) is 0.455. The molecule has 30 heavy (non-hydrogen) atoms. The second-order valence-electron chi connectivity index (χ2n) is 7.08. The zero-order valence-electron chi connectivity index (χ0n) is 17.8. The Hall–Kier alpha value is -2.74. The molecule has 1 aromatic heterocycles. The normalized spacial score (nSPS) is 15.0. The van der Waals surface area contributed by atoms with Crippen molar-refractivity contribution in [1.29, 1.82) is 0 Å². The Balaban J connectivity index is 1.61. The number of methoxy groups -OCH3 is 2. The first-order valence-corrected chi connectivity index (χ1v) is 11.1. The maximum Gasteiger partial charge on any atom is 0.341 e. The number of carbonyl (C=O) groups is 1. The van der Waals surface area contributed by atoms with Gasteiger partial charge in [-0.3, -0.25) is 0 Å². The van der Waals surface area contributed by atoms with E-state index in [9.17, 15) is 4.79 Å². The molecule has 2 heterocycles. The molecular weight excluding hydrogens is 400 g/mol. The summed E-state index contributed by atoms with van der Waals surface area (Å²) in [7, 11) is 2.90. The van der Waals surface area contributed by atoms with Crippen molar-refractivity contribution in [2.45, 2.75) is 32.4 Å². The molecule has 0 atom stereocenters. The van der Waals surface area contributed by atoms with Gasteiger partial charge in [-0.1, -0.05) is 6.07 Å². The molecule has 2 N–H and O–H groups in total. The molecular formula is C22H30N4O3S. The van der Waals surface area contributed by atoms with Gasteiger partial charge < -0.3 is 25.0 Å². The number of ether oxygens (including phenoxy) is 2. The molecule has 1 fully saturated rings. The summed E-state index contributed by atoms with van der Waals surface area (Å²) >= 11 is 1.79. The molecule has 0 spiro atoms. The molecule has 7 nitrogen and oxygen atoms in total. The minimum absolute atomic E-state index is 0.389. The van der Waals surface area contributed by atoms with Gasteiger partial charge in [0.1, 0.15) is 11.3 Å². The van der Waals surface area contributed by atoms with Crippen LogP contribution < -0.4 is 20.3 Å². The van der Waals surface area contributed by atoms with E-state index in [4.69, 9.17) is 14.5 Å². The van der Waals surface area contributed by atoms with Crippen LogP contribution in [0.25, 0.3) is 0 Å². The van der Waals surface area contributed by atoms with Crippen molar-refractivity contribution in [3.05, 3.63) is 46.8 Å². The van der Waals surface area contributed by atoms with Crippen LogP contribution in [0.1, 0.15) is 35.7 Å². The third-order valence-electron chi connectivity index (χ3n) is 5.09. The summed E-state index contributed by atoms with van der Waals surface area (Å²) in [6.45, 7) is 5.38. The number of carbonyl (C=O) groups excluding carboxylic acids is 1.